The highest BCUT2D eigenvalue weighted by Crippen LogP contribution is 2.56. The maximum absolute atomic E-state index is 13.4. The molecule has 6 heteroatoms. The molecule has 1 spiro atoms. The van der Waals surface area contributed by atoms with Crippen LogP contribution in [0.1, 0.15) is 64.7 Å². The molecule has 4 fully saturated rings. The fraction of sp³-hybridized carbons (Fsp3) is 0.905. The van der Waals surface area contributed by atoms with E-state index in [-0.39, 0.29) is 30.0 Å². The molecule has 2 aliphatic heterocycles. The van der Waals surface area contributed by atoms with Crippen molar-refractivity contribution in [1.82, 2.24) is 15.1 Å². The molecule has 2 saturated carbocycles. The molecule has 0 aromatic heterocycles. The molecule has 2 saturated heterocycles. The van der Waals surface area contributed by atoms with E-state index in [0.717, 1.165) is 32.1 Å². The molecule has 2 amide bonds. The van der Waals surface area contributed by atoms with Crippen LogP contribution in [0.25, 0.3) is 0 Å². The molecule has 3 atom stereocenters. The van der Waals surface area contributed by atoms with Gasteiger partial charge in [-0.15, -0.1) is 0 Å². The SMILES string of the molecule is CCN(C)C(=O)[C@@H]1CC(N(C(=O)[C@@H]2CCCO2)C2CCC3(CC2)CC3)CN1. The molecular weight excluding hydrogens is 342 g/mol. The molecule has 27 heavy (non-hydrogen) atoms. The number of likely N-dealkylation sites (N-methyl/N-ethyl adjacent to an activating group) is 1. The van der Waals surface area contributed by atoms with Crippen LogP contribution in [-0.2, 0) is 14.3 Å². The highest BCUT2D eigenvalue weighted by Gasteiger charge is 2.48. The molecule has 0 radical (unpaired) electrons. The van der Waals surface area contributed by atoms with Gasteiger partial charge in [0, 0.05) is 38.8 Å². The first kappa shape index (κ1) is 19.2. The standard InChI is InChI=1S/C21H35N3O3/c1-3-23(2)19(25)17-13-16(14-22-17)24(20(26)18-5-4-12-27-18)15-6-8-21(9-7-15)10-11-21/h15-18,22H,3-14H2,1-2H3/t16?,17-,18-/m0/s1. The fourth-order valence-electron chi connectivity index (χ4n) is 5.31. The number of hydrogen-bond acceptors (Lipinski definition) is 4. The van der Waals surface area contributed by atoms with Gasteiger partial charge in [-0.1, -0.05) is 0 Å². The third kappa shape index (κ3) is 3.88. The van der Waals surface area contributed by atoms with E-state index in [1.807, 2.05) is 14.0 Å². The highest BCUT2D eigenvalue weighted by molar-refractivity contribution is 5.84. The predicted octanol–water partition coefficient (Wildman–Crippen LogP) is 1.93. The van der Waals surface area contributed by atoms with E-state index in [1.54, 1.807) is 4.90 Å². The second-order valence-electron chi connectivity index (χ2n) is 9.18. The summed E-state index contributed by atoms with van der Waals surface area (Å²) in [6.07, 6.45) is 9.77. The number of carbonyl (C=O) groups is 2. The van der Waals surface area contributed by atoms with Gasteiger partial charge in [-0.2, -0.15) is 0 Å². The molecule has 4 aliphatic rings. The molecule has 4 rings (SSSR count). The van der Waals surface area contributed by atoms with Crippen LogP contribution in [0, 0.1) is 5.41 Å². The number of carbonyl (C=O) groups excluding carboxylic acids is 2. The Kier molecular flexibility index (Phi) is 5.48. The van der Waals surface area contributed by atoms with Gasteiger partial charge in [-0.25, -0.2) is 0 Å². The van der Waals surface area contributed by atoms with Crippen molar-refractivity contribution >= 4 is 11.8 Å². The van der Waals surface area contributed by atoms with Crippen LogP contribution in [0.4, 0.5) is 0 Å². The van der Waals surface area contributed by atoms with Crippen LogP contribution < -0.4 is 5.32 Å². The molecule has 0 aromatic rings. The topological polar surface area (TPSA) is 61.9 Å². The van der Waals surface area contributed by atoms with Crippen LogP contribution in [-0.4, -0.2) is 72.6 Å². The number of nitrogens with zero attached hydrogens (tertiary/aromatic N) is 2. The maximum atomic E-state index is 13.4. The molecule has 1 N–H and O–H groups in total. The average Bonchev–Trinajstić information content (AvgIpc) is 3.11. The Morgan fingerprint density at radius 1 is 1.07 bits per heavy atom. The Balaban J connectivity index is 1.46. The van der Waals surface area contributed by atoms with Gasteiger partial charge in [0.05, 0.1) is 6.04 Å². The van der Waals surface area contributed by atoms with Crippen molar-refractivity contribution in [2.75, 3.05) is 26.7 Å². The van der Waals surface area contributed by atoms with Crippen molar-refractivity contribution in [3.05, 3.63) is 0 Å². The van der Waals surface area contributed by atoms with Crippen LogP contribution >= 0.6 is 0 Å². The average molecular weight is 378 g/mol. The minimum Gasteiger partial charge on any atom is -0.368 e. The van der Waals surface area contributed by atoms with E-state index in [9.17, 15) is 9.59 Å². The third-order valence-corrected chi connectivity index (χ3v) is 7.48. The molecular formula is C21H35N3O3. The summed E-state index contributed by atoms with van der Waals surface area (Å²) in [6.45, 7) is 4.12. The molecule has 2 heterocycles. The smallest absolute Gasteiger partial charge is 0.252 e. The first-order valence-electron chi connectivity index (χ1n) is 11.0. The summed E-state index contributed by atoms with van der Waals surface area (Å²) in [5, 5.41) is 3.39. The van der Waals surface area contributed by atoms with Gasteiger partial charge < -0.3 is 19.9 Å². The van der Waals surface area contributed by atoms with E-state index in [1.165, 1.54) is 25.7 Å². The molecule has 6 nitrogen and oxygen atoms in total. The molecule has 2 aliphatic carbocycles. The van der Waals surface area contributed by atoms with Gasteiger partial charge in [-0.05, 0) is 70.1 Å². The summed E-state index contributed by atoms with van der Waals surface area (Å²) < 4.78 is 5.74. The van der Waals surface area contributed by atoms with Crippen LogP contribution in [0.2, 0.25) is 0 Å². The monoisotopic (exact) mass is 377 g/mol. The first-order valence-corrected chi connectivity index (χ1v) is 11.0. The van der Waals surface area contributed by atoms with E-state index >= 15 is 0 Å². The molecule has 0 bridgehead atoms. The van der Waals surface area contributed by atoms with Gasteiger partial charge in [-0.3, -0.25) is 9.59 Å². The summed E-state index contributed by atoms with van der Waals surface area (Å²) in [4.78, 5) is 29.8. The number of rotatable bonds is 5. The summed E-state index contributed by atoms with van der Waals surface area (Å²) in [5.41, 5.74) is 0.616. The third-order valence-electron chi connectivity index (χ3n) is 7.48. The summed E-state index contributed by atoms with van der Waals surface area (Å²) in [5.74, 6) is 0.318. The summed E-state index contributed by atoms with van der Waals surface area (Å²) in [7, 11) is 1.85. The van der Waals surface area contributed by atoms with E-state index in [4.69, 9.17) is 4.74 Å². The number of ether oxygens (including phenoxy) is 1. The van der Waals surface area contributed by atoms with Crippen molar-refractivity contribution in [1.29, 1.82) is 0 Å². The lowest BCUT2D eigenvalue weighted by molar-refractivity contribution is -0.147. The van der Waals surface area contributed by atoms with Gasteiger partial charge >= 0.3 is 0 Å². The minimum atomic E-state index is -0.269. The number of hydrogen-bond donors (Lipinski definition) is 1. The molecule has 0 aromatic carbocycles. The zero-order chi connectivity index (χ0) is 19.0. The Morgan fingerprint density at radius 3 is 2.41 bits per heavy atom. The van der Waals surface area contributed by atoms with Crippen molar-refractivity contribution < 1.29 is 14.3 Å². The zero-order valence-electron chi connectivity index (χ0n) is 16.9. The van der Waals surface area contributed by atoms with E-state index in [0.29, 0.717) is 31.2 Å². The lowest BCUT2D eigenvalue weighted by Crippen LogP contribution is -2.53. The Labute approximate surface area is 163 Å². The van der Waals surface area contributed by atoms with Crippen molar-refractivity contribution in [3.8, 4) is 0 Å². The highest BCUT2D eigenvalue weighted by atomic mass is 16.5. The second kappa shape index (κ2) is 7.70. The lowest BCUT2D eigenvalue weighted by Gasteiger charge is -2.41. The van der Waals surface area contributed by atoms with Crippen molar-refractivity contribution in [2.24, 2.45) is 5.41 Å². The van der Waals surface area contributed by atoms with E-state index < -0.39 is 0 Å². The fourth-order valence-corrected chi connectivity index (χ4v) is 5.31. The van der Waals surface area contributed by atoms with Crippen LogP contribution in [0.15, 0.2) is 0 Å². The largest absolute Gasteiger partial charge is 0.368 e. The van der Waals surface area contributed by atoms with Crippen molar-refractivity contribution in [2.45, 2.75) is 88.9 Å². The van der Waals surface area contributed by atoms with Crippen LogP contribution in [0.5, 0.6) is 0 Å². The normalized spacial score (nSPS) is 32.6. The van der Waals surface area contributed by atoms with Crippen LogP contribution in [0.3, 0.4) is 0 Å². The quantitative estimate of drug-likeness (QED) is 0.795. The van der Waals surface area contributed by atoms with Crippen molar-refractivity contribution in [3.63, 3.8) is 0 Å². The van der Waals surface area contributed by atoms with Gasteiger partial charge in [0.2, 0.25) is 5.91 Å². The maximum Gasteiger partial charge on any atom is 0.252 e. The number of amides is 2. The van der Waals surface area contributed by atoms with E-state index in [2.05, 4.69) is 10.2 Å². The first-order chi connectivity index (χ1) is 13.0. The van der Waals surface area contributed by atoms with Gasteiger partial charge in [0.25, 0.3) is 5.91 Å². The summed E-state index contributed by atoms with van der Waals surface area (Å²) in [6, 6.07) is 0.259. The Morgan fingerprint density at radius 2 is 1.81 bits per heavy atom. The van der Waals surface area contributed by atoms with Gasteiger partial charge in [0.1, 0.15) is 6.10 Å². The molecule has 1 unspecified atom stereocenters. The predicted molar refractivity (Wildman–Crippen MR) is 103 cm³/mol. The molecule has 152 valence electrons. The summed E-state index contributed by atoms with van der Waals surface area (Å²) >= 11 is 0. The Hall–Kier alpha value is -1.14. The second-order valence-corrected chi connectivity index (χ2v) is 9.18. The number of nitrogens with one attached hydrogen (secondary N) is 1. The van der Waals surface area contributed by atoms with Gasteiger partial charge in [0.15, 0.2) is 0 Å². The zero-order valence-corrected chi connectivity index (χ0v) is 16.9. The minimum absolute atomic E-state index is 0.110. The Bertz CT molecular complexity index is 561. The lowest BCUT2D eigenvalue weighted by atomic mass is 9.82.